The first-order chi connectivity index (χ1) is 11.7. The number of fused-ring (bicyclic) bond motifs is 1. The van der Waals surface area contributed by atoms with Crippen molar-refractivity contribution in [2.45, 2.75) is 13.0 Å². The summed E-state index contributed by atoms with van der Waals surface area (Å²) in [5.41, 5.74) is 2.59. The summed E-state index contributed by atoms with van der Waals surface area (Å²) in [5, 5.41) is 0. The maximum atomic E-state index is 13.2. The molecule has 24 heavy (non-hydrogen) atoms. The van der Waals surface area contributed by atoms with Crippen LogP contribution < -0.4 is 4.90 Å². The fraction of sp³-hybridized carbons (Fsp3) is 0.0952. The van der Waals surface area contributed by atoms with Gasteiger partial charge < -0.3 is 4.42 Å². The molecule has 0 saturated carbocycles. The standard InChI is InChI=1S/C21H17NO2/c1-15-11-14-20(24-15)19-13-12-16-7-5-6-10-18(16)22(19)21(23)17-8-3-2-4-9-17/h2-14,19H,1H3. The Balaban J connectivity index is 1.84. The van der Waals surface area contributed by atoms with E-state index in [2.05, 4.69) is 0 Å². The molecular formula is C21H17NO2. The highest BCUT2D eigenvalue weighted by molar-refractivity contribution is 6.08. The van der Waals surface area contributed by atoms with Crippen LogP contribution in [0.25, 0.3) is 6.08 Å². The highest BCUT2D eigenvalue weighted by Gasteiger charge is 2.31. The SMILES string of the molecule is Cc1ccc(C2C=Cc3ccccc3N2C(=O)c2ccccc2)o1. The van der Waals surface area contributed by atoms with E-state index < -0.39 is 0 Å². The van der Waals surface area contributed by atoms with Crippen LogP contribution in [-0.4, -0.2) is 5.91 Å². The number of hydrogen-bond acceptors (Lipinski definition) is 2. The predicted octanol–water partition coefficient (Wildman–Crippen LogP) is 5.00. The third-order valence-corrected chi connectivity index (χ3v) is 4.22. The quantitative estimate of drug-likeness (QED) is 0.666. The Kier molecular flexibility index (Phi) is 3.54. The Morgan fingerprint density at radius 2 is 1.71 bits per heavy atom. The molecule has 0 fully saturated rings. The van der Waals surface area contributed by atoms with Gasteiger partial charge in [-0.3, -0.25) is 9.69 Å². The van der Waals surface area contributed by atoms with E-state index in [0.29, 0.717) is 5.56 Å². The number of carbonyl (C=O) groups is 1. The lowest BCUT2D eigenvalue weighted by molar-refractivity contribution is 0.0978. The van der Waals surface area contributed by atoms with Gasteiger partial charge in [-0.15, -0.1) is 0 Å². The molecule has 1 aliphatic rings. The normalized spacial score (nSPS) is 16.0. The van der Waals surface area contributed by atoms with Gasteiger partial charge in [0.25, 0.3) is 5.91 Å². The van der Waals surface area contributed by atoms with Crippen molar-refractivity contribution in [1.29, 1.82) is 0 Å². The van der Waals surface area contributed by atoms with Crippen LogP contribution in [0.2, 0.25) is 0 Å². The van der Waals surface area contributed by atoms with Crippen LogP contribution in [0.15, 0.2) is 77.2 Å². The Labute approximate surface area is 140 Å². The molecule has 0 aliphatic carbocycles. The van der Waals surface area contributed by atoms with Crippen LogP contribution in [-0.2, 0) is 0 Å². The van der Waals surface area contributed by atoms with Crippen LogP contribution in [0.4, 0.5) is 5.69 Å². The summed E-state index contributed by atoms with van der Waals surface area (Å²) >= 11 is 0. The van der Waals surface area contributed by atoms with E-state index in [1.807, 2.05) is 90.7 Å². The van der Waals surface area contributed by atoms with Crippen LogP contribution in [0.3, 0.4) is 0 Å². The largest absolute Gasteiger partial charge is 0.464 e. The van der Waals surface area contributed by atoms with Gasteiger partial charge >= 0.3 is 0 Å². The van der Waals surface area contributed by atoms with E-state index in [0.717, 1.165) is 22.8 Å². The van der Waals surface area contributed by atoms with E-state index in [-0.39, 0.29) is 11.9 Å². The van der Waals surface area contributed by atoms with E-state index in [4.69, 9.17) is 4.42 Å². The lowest BCUT2D eigenvalue weighted by atomic mass is 10.00. The molecule has 1 atom stereocenters. The number of para-hydroxylation sites is 1. The first-order valence-corrected chi connectivity index (χ1v) is 7.96. The molecular weight excluding hydrogens is 298 g/mol. The van der Waals surface area contributed by atoms with Crippen molar-refractivity contribution in [2.24, 2.45) is 0 Å². The minimum absolute atomic E-state index is 0.0357. The number of benzene rings is 2. The van der Waals surface area contributed by atoms with Gasteiger partial charge in [0.15, 0.2) is 0 Å². The molecule has 1 unspecified atom stereocenters. The summed E-state index contributed by atoms with van der Waals surface area (Å²) in [6, 6.07) is 20.9. The summed E-state index contributed by atoms with van der Waals surface area (Å²) in [7, 11) is 0. The van der Waals surface area contributed by atoms with E-state index in [1.165, 1.54) is 0 Å². The van der Waals surface area contributed by atoms with Crippen molar-refractivity contribution in [1.82, 2.24) is 0 Å². The molecule has 0 radical (unpaired) electrons. The average Bonchev–Trinajstić information content (AvgIpc) is 3.07. The number of aryl methyl sites for hydroxylation is 1. The average molecular weight is 315 g/mol. The number of furan rings is 1. The molecule has 3 aromatic rings. The van der Waals surface area contributed by atoms with Crippen molar-refractivity contribution in [2.75, 3.05) is 4.90 Å². The fourth-order valence-corrected chi connectivity index (χ4v) is 3.07. The van der Waals surface area contributed by atoms with Crippen molar-refractivity contribution in [3.8, 4) is 0 Å². The molecule has 1 aliphatic heterocycles. The summed E-state index contributed by atoms with van der Waals surface area (Å²) < 4.78 is 5.81. The first-order valence-electron chi connectivity index (χ1n) is 7.96. The summed E-state index contributed by atoms with van der Waals surface area (Å²) in [5.74, 6) is 1.57. The molecule has 2 aromatic carbocycles. The van der Waals surface area contributed by atoms with Crippen molar-refractivity contribution in [3.05, 3.63) is 95.5 Å². The van der Waals surface area contributed by atoms with Crippen LogP contribution in [0.5, 0.6) is 0 Å². The monoisotopic (exact) mass is 315 g/mol. The van der Waals surface area contributed by atoms with E-state index in [9.17, 15) is 4.79 Å². The smallest absolute Gasteiger partial charge is 0.259 e. The maximum Gasteiger partial charge on any atom is 0.259 e. The Bertz CT molecular complexity index is 908. The molecule has 3 heteroatoms. The van der Waals surface area contributed by atoms with Gasteiger partial charge in [-0.2, -0.15) is 0 Å². The number of amides is 1. The van der Waals surface area contributed by atoms with Crippen LogP contribution >= 0.6 is 0 Å². The van der Waals surface area contributed by atoms with Gasteiger partial charge in [-0.25, -0.2) is 0 Å². The number of carbonyl (C=O) groups excluding carboxylic acids is 1. The molecule has 2 heterocycles. The maximum absolute atomic E-state index is 13.2. The third kappa shape index (κ3) is 2.44. The number of hydrogen-bond donors (Lipinski definition) is 0. The zero-order valence-electron chi connectivity index (χ0n) is 13.3. The van der Waals surface area contributed by atoms with Gasteiger partial charge in [0.2, 0.25) is 0 Å². The molecule has 0 spiro atoms. The molecule has 4 rings (SSSR count). The number of anilines is 1. The molecule has 1 aromatic heterocycles. The van der Waals surface area contributed by atoms with Crippen molar-refractivity contribution < 1.29 is 9.21 Å². The van der Waals surface area contributed by atoms with Crippen molar-refractivity contribution >= 4 is 17.7 Å². The second-order valence-corrected chi connectivity index (χ2v) is 5.85. The molecule has 1 amide bonds. The van der Waals surface area contributed by atoms with E-state index >= 15 is 0 Å². The third-order valence-electron chi connectivity index (χ3n) is 4.22. The van der Waals surface area contributed by atoms with Crippen molar-refractivity contribution in [3.63, 3.8) is 0 Å². The summed E-state index contributed by atoms with van der Waals surface area (Å²) in [6.45, 7) is 1.91. The van der Waals surface area contributed by atoms with Gasteiger partial charge in [0.05, 0.1) is 5.69 Å². The highest BCUT2D eigenvalue weighted by Crippen LogP contribution is 2.37. The second-order valence-electron chi connectivity index (χ2n) is 5.85. The number of nitrogens with zero attached hydrogens (tertiary/aromatic N) is 1. The van der Waals surface area contributed by atoms with Crippen LogP contribution in [0.1, 0.15) is 33.5 Å². The Morgan fingerprint density at radius 1 is 0.958 bits per heavy atom. The molecule has 118 valence electrons. The minimum Gasteiger partial charge on any atom is -0.464 e. The van der Waals surface area contributed by atoms with Gasteiger partial charge in [-0.1, -0.05) is 48.6 Å². The topological polar surface area (TPSA) is 33.5 Å². The fourth-order valence-electron chi connectivity index (χ4n) is 3.07. The molecule has 0 N–H and O–H groups in total. The van der Waals surface area contributed by atoms with Gasteiger partial charge in [0.1, 0.15) is 17.6 Å². The summed E-state index contributed by atoms with van der Waals surface area (Å²) in [6.07, 6.45) is 4.06. The zero-order valence-corrected chi connectivity index (χ0v) is 13.3. The molecule has 0 bridgehead atoms. The lowest BCUT2D eigenvalue weighted by Gasteiger charge is -2.33. The van der Waals surface area contributed by atoms with Gasteiger partial charge in [-0.05, 0) is 42.8 Å². The highest BCUT2D eigenvalue weighted by atomic mass is 16.3. The zero-order chi connectivity index (χ0) is 16.5. The first kappa shape index (κ1) is 14.5. The minimum atomic E-state index is -0.249. The van der Waals surface area contributed by atoms with Crippen LogP contribution in [0, 0.1) is 6.92 Å². The molecule has 0 saturated heterocycles. The Morgan fingerprint density at radius 3 is 2.46 bits per heavy atom. The lowest BCUT2D eigenvalue weighted by Crippen LogP contribution is -2.35. The van der Waals surface area contributed by atoms with E-state index in [1.54, 1.807) is 0 Å². The molecule has 3 nitrogen and oxygen atoms in total. The second kappa shape index (κ2) is 5.85. The Hall–Kier alpha value is -3.07. The summed E-state index contributed by atoms with van der Waals surface area (Å²) in [4.78, 5) is 15.0. The van der Waals surface area contributed by atoms with Gasteiger partial charge in [0, 0.05) is 5.56 Å². The number of rotatable bonds is 2. The predicted molar refractivity (Wildman–Crippen MR) is 94.9 cm³/mol.